The zero-order valence-corrected chi connectivity index (χ0v) is 20.4. The van der Waals surface area contributed by atoms with Gasteiger partial charge in [0, 0.05) is 12.1 Å². The van der Waals surface area contributed by atoms with Crippen molar-refractivity contribution in [3.8, 4) is 0 Å². The van der Waals surface area contributed by atoms with Gasteiger partial charge in [0.25, 0.3) is 0 Å². The summed E-state index contributed by atoms with van der Waals surface area (Å²) in [6.07, 6.45) is 5.64. The normalized spacial score (nSPS) is 44.2. The third-order valence-electron chi connectivity index (χ3n) is 10.6. The summed E-state index contributed by atoms with van der Waals surface area (Å²) in [6.45, 7) is 9.27. The molecule has 5 rings (SSSR count). The van der Waals surface area contributed by atoms with E-state index in [9.17, 15) is 18.0 Å². The molecule has 4 aliphatic rings. The highest BCUT2D eigenvalue weighted by Gasteiger charge is 2.73. The molecule has 0 amide bonds. The average molecular weight is 465 g/mol. The van der Waals surface area contributed by atoms with Crippen LogP contribution in [0.2, 0.25) is 0 Å². The number of ketones is 1. The molecule has 33 heavy (non-hydrogen) atoms. The highest BCUT2D eigenvalue weighted by Crippen LogP contribution is 2.76. The molecule has 10 atom stereocenters. The quantitative estimate of drug-likeness (QED) is 0.460. The third-order valence-corrected chi connectivity index (χ3v) is 10.6. The van der Waals surface area contributed by atoms with Crippen molar-refractivity contribution in [3.63, 3.8) is 0 Å². The second-order valence-corrected chi connectivity index (χ2v) is 12.0. The van der Waals surface area contributed by atoms with Crippen molar-refractivity contribution >= 4 is 5.78 Å². The van der Waals surface area contributed by atoms with E-state index in [0.717, 1.165) is 36.2 Å². The summed E-state index contributed by atoms with van der Waals surface area (Å²) < 4.78 is 40.1. The van der Waals surface area contributed by atoms with Gasteiger partial charge in [-0.3, -0.25) is 9.48 Å². The van der Waals surface area contributed by atoms with Crippen LogP contribution in [0.25, 0.3) is 0 Å². The first-order chi connectivity index (χ1) is 15.6. The lowest BCUT2D eigenvalue weighted by atomic mass is 9.49. The molecule has 0 saturated heterocycles. The maximum absolute atomic E-state index is 13.6. The van der Waals surface area contributed by atoms with E-state index in [1.165, 1.54) is 49.4 Å². The van der Waals surface area contributed by atoms with Gasteiger partial charge in [-0.2, -0.15) is 18.3 Å². The zero-order chi connectivity index (χ0) is 23.7. The van der Waals surface area contributed by atoms with E-state index in [1.54, 1.807) is 0 Å². The fourth-order valence-electron chi connectivity index (χ4n) is 9.39. The standard InChI is InChI=1S/C27H39F3N2O/c1-5-7-17-16(6-2)8-9-19-18(17)10-12-26(4)24(19)22-15(3)23(22)25(26)20(33)14-32-13-11-21(31-32)27(28,29)30/h11,13,15-19,22-25H,5-10,12,14H2,1-4H3. The van der Waals surface area contributed by atoms with Gasteiger partial charge in [-0.25, -0.2) is 0 Å². The summed E-state index contributed by atoms with van der Waals surface area (Å²) in [6, 6.07) is 0.972. The van der Waals surface area contributed by atoms with Gasteiger partial charge in [0.2, 0.25) is 0 Å². The molecule has 0 bridgehead atoms. The highest BCUT2D eigenvalue weighted by atomic mass is 19.4. The van der Waals surface area contributed by atoms with Crippen LogP contribution in [-0.4, -0.2) is 15.6 Å². The molecule has 6 heteroatoms. The van der Waals surface area contributed by atoms with Crippen molar-refractivity contribution in [1.29, 1.82) is 0 Å². The number of carbonyl (C=O) groups is 1. The Bertz CT molecular complexity index is 894. The van der Waals surface area contributed by atoms with Crippen LogP contribution in [0.5, 0.6) is 0 Å². The average Bonchev–Trinajstić information content (AvgIpc) is 3.10. The van der Waals surface area contributed by atoms with Gasteiger partial charge in [0.15, 0.2) is 11.5 Å². The van der Waals surface area contributed by atoms with Gasteiger partial charge in [0.05, 0.1) is 6.54 Å². The van der Waals surface area contributed by atoms with Crippen LogP contribution < -0.4 is 0 Å². The Labute approximate surface area is 195 Å². The molecule has 10 unspecified atom stereocenters. The van der Waals surface area contributed by atoms with E-state index in [0.29, 0.717) is 23.7 Å². The fraction of sp³-hybridized carbons (Fsp3) is 0.852. The second-order valence-electron chi connectivity index (χ2n) is 12.0. The Balaban J connectivity index is 1.38. The van der Waals surface area contributed by atoms with E-state index < -0.39 is 11.9 Å². The largest absolute Gasteiger partial charge is 0.435 e. The number of halogens is 3. The molecule has 1 aromatic heterocycles. The van der Waals surface area contributed by atoms with Crippen LogP contribution in [-0.2, 0) is 17.5 Å². The van der Waals surface area contributed by atoms with Gasteiger partial charge < -0.3 is 0 Å². The molecule has 0 aliphatic heterocycles. The van der Waals surface area contributed by atoms with Gasteiger partial charge in [-0.15, -0.1) is 0 Å². The van der Waals surface area contributed by atoms with Crippen molar-refractivity contribution in [2.45, 2.75) is 85.4 Å². The van der Waals surface area contributed by atoms with E-state index in [2.05, 4.69) is 32.8 Å². The van der Waals surface area contributed by atoms with E-state index in [1.807, 2.05) is 0 Å². The van der Waals surface area contributed by atoms with Gasteiger partial charge in [-0.1, -0.05) is 47.0 Å². The molecule has 1 heterocycles. The number of rotatable bonds is 6. The summed E-state index contributed by atoms with van der Waals surface area (Å²) in [5.41, 5.74) is -0.922. The molecular weight excluding hydrogens is 425 g/mol. The van der Waals surface area contributed by atoms with Crippen molar-refractivity contribution in [2.24, 2.45) is 58.7 Å². The predicted molar refractivity (Wildman–Crippen MR) is 121 cm³/mol. The molecule has 0 N–H and O–H groups in total. The predicted octanol–water partition coefficient (Wildman–Crippen LogP) is 6.87. The number of hydrogen-bond donors (Lipinski definition) is 0. The van der Waals surface area contributed by atoms with Gasteiger partial charge in [-0.05, 0) is 84.5 Å². The minimum atomic E-state index is -4.47. The summed E-state index contributed by atoms with van der Waals surface area (Å²) in [7, 11) is 0. The number of aromatic nitrogens is 2. The van der Waals surface area contributed by atoms with Crippen LogP contribution in [0.1, 0.15) is 78.3 Å². The number of carbonyl (C=O) groups excluding carboxylic acids is 1. The maximum atomic E-state index is 13.6. The zero-order valence-electron chi connectivity index (χ0n) is 20.4. The fourth-order valence-corrected chi connectivity index (χ4v) is 9.39. The van der Waals surface area contributed by atoms with Crippen LogP contribution in [0.15, 0.2) is 12.3 Å². The Morgan fingerprint density at radius 1 is 1.18 bits per heavy atom. The number of Topliss-reactive ketones (excluding diaryl/α,β-unsaturated/α-hetero) is 1. The first-order valence-electron chi connectivity index (χ1n) is 13.2. The lowest BCUT2D eigenvalue weighted by Crippen LogP contribution is -2.50. The van der Waals surface area contributed by atoms with Crippen molar-refractivity contribution < 1.29 is 18.0 Å². The summed E-state index contributed by atoms with van der Waals surface area (Å²) in [5, 5.41) is 3.66. The Kier molecular flexibility index (Phi) is 5.76. The third kappa shape index (κ3) is 3.60. The first-order valence-corrected chi connectivity index (χ1v) is 13.2. The van der Waals surface area contributed by atoms with Gasteiger partial charge >= 0.3 is 6.18 Å². The molecule has 1 aromatic rings. The van der Waals surface area contributed by atoms with E-state index in [-0.39, 0.29) is 23.7 Å². The number of alkyl halides is 3. The van der Waals surface area contributed by atoms with Crippen molar-refractivity contribution in [1.82, 2.24) is 9.78 Å². The highest BCUT2D eigenvalue weighted by molar-refractivity contribution is 5.83. The van der Waals surface area contributed by atoms with Crippen molar-refractivity contribution in [3.05, 3.63) is 18.0 Å². The monoisotopic (exact) mass is 464 g/mol. The maximum Gasteiger partial charge on any atom is 0.435 e. The molecule has 0 radical (unpaired) electrons. The molecule has 4 saturated carbocycles. The Morgan fingerprint density at radius 2 is 1.94 bits per heavy atom. The minimum Gasteiger partial charge on any atom is -0.297 e. The number of nitrogens with zero attached hydrogens (tertiary/aromatic N) is 2. The van der Waals surface area contributed by atoms with E-state index in [4.69, 9.17) is 0 Å². The lowest BCUT2D eigenvalue weighted by Gasteiger charge is -2.56. The molecule has 4 fully saturated rings. The molecule has 0 spiro atoms. The molecule has 4 aliphatic carbocycles. The molecule has 3 nitrogen and oxygen atoms in total. The summed E-state index contributed by atoms with van der Waals surface area (Å²) >= 11 is 0. The molecule has 0 aromatic carbocycles. The van der Waals surface area contributed by atoms with Crippen LogP contribution >= 0.6 is 0 Å². The molecule has 184 valence electrons. The topological polar surface area (TPSA) is 34.9 Å². The minimum absolute atomic E-state index is 0.00405. The van der Waals surface area contributed by atoms with Crippen LogP contribution in [0.3, 0.4) is 0 Å². The smallest absolute Gasteiger partial charge is 0.297 e. The number of hydrogen-bond acceptors (Lipinski definition) is 2. The molecular formula is C27H39F3N2O. The first kappa shape index (κ1) is 23.4. The SMILES string of the molecule is CCCC1C(CC)CCC2C1CCC1(C)C(C(=O)Cn3ccc(C(F)(F)F)n3)C3C(C)C3C21. The van der Waals surface area contributed by atoms with Crippen LogP contribution in [0.4, 0.5) is 13.2 Å². The summed E-state index contributed by atoms with van der Waals surface area (Å²) in [4.78, 5) is 13.6. The van der Waals surface area contributed by atoms with Gasteiger partial charge in [0.1, 0.15) is 0 Å². The summed E-state index contributed by atoms with van der Waals surface area (Å²) in [5.74, 6) is 5.47. The Morgan fingerprint density at radius 3 is 2.58 bits per heavy atom. The lowest BCUT2D eigenvalue weighted by molar-refractivity contribution is -0.142. The van der Waals surface area contributed by atoms with Crippen LogP contribution in [0, 0.1) is 58.7 Å². The van der Waals surface area contributed by atoms with Crippen molar-refractivity contribution in [2.75, 3.05) is 0 Å². The second kappa shape index (κ2) is 8.12. The Hall–Kier alpha value is -1.33. The van der Waals surface area contributed by atoms with E-state index >= 15 is 0 Å². The number of fused-ring (bicyclic) bond motifs is 5.